The van der Waals surface area contributed by atoms with Crippen molar-refractivity contribution in [3.8, 4) is 17.1 Å². The third-order valence-electron chi connectivity index (χ3n) is 4.33. The van der Waals surface area contributed by atoms with Crippen LogP contribution in [0, 0.1) is 0 Å². The molecule has 31 heavy (non-hydrogen) atoms. The molecule has 2 heterocycles. The number of aliphatic hydroxyl groups excluding tert-OH is 1. The largest absolute Gasteiger partial charge is 0.473 e. The molecule has 0 aliphatic rings. The van der Waals surface area contributed by atoms with Crippen LogP contribution in [0.1, 0.15) is 28.6 Å². The lowest BCUT2D eigenvalue weighted by Crippen LogP contribution is -2.43. The zero-order valence-corrected chi connectivity index (χ0v) is 16.9. The lowest BCUT2D eigenvalue weighted by atomic mass is 10.1. The fourth-order valence-electron chi connectivity index (χ4n) is 2.56. The summed E-state index contributed by atoms with van der Waals surface area (Å²) >= 11 is 5.90. The molecule has 0 saturated heterocycles. The highest BCUT2D eigenvalue weighted by molar-refractivity contribution is 6.30. The van der Waals surface area contributed by atoms with Crippen LogP contribution in [-0.4, -0.2) is 33.4 Å². The second-order valence-electron chi connectivity index (χ2n) is 6.51. The number of aliphatic hydroxyl groups is 1. The Bertz CT molecular complexity index is 1040. The van der Waals surface area contributed by atoms with Gasteiger partial charge in [-0.05, 0) is 25.1 Å². The third-order valence-corrected chi connectivity index (χ3v) is 4.58. The van der Waals surface area contributed by atoms with Gasteiger partial charge in [-0.15, -0.1) is 0 Å². The Morgan fingerprint density at radius 1 is 1.26 bits per heavy atom. The number of amides is 1. The average Bonchev–Trinajstić information content (AvgIpc) is 3.15. The number of aromatic nitrogens is 2. The average molecular weight is 456 g/mol. The molecule has 7 nitrogen and oxygen atoms in total. The van der Waals surface area contributed by atoms with E-state index in [0.29, 0.717) is 21.8 Å². The van der Waals surface area contributed by atoms with Gasteiger partial charge in [0.15, 0.2) is 5.76 Å². The maximum absolute atomic E-state index is 12.6. The molecule has 0 spiro atoms. The lowest BCUT2D eigenvalue weighted by Gasteiger charge is -2.17. The van der Waals surface area contributed by atoms with Crippen LogP contribution in [0.5, 0.6) is 5.88 Å². The second-order valence-corrected chi connectivity index (χ2v) is 6.94. The monoisotopic (exact) mass is 455 g/mol. The molecule has 1 aromatic carbocycles. The minimum absolute atomic E-state index is 0.0497. The van der Waals surface area contributed by atoms with E-state index in [2.05, 4.69) is 10.1 Å². The van der Waals surface area contributed by atoms with Crippen molar-refractivity contribution in [2.75, 3.05) is 0 Å². The minimum atomic E-state index is -4.54. The molecule has 2 aromatic heterocycles. The first-order valence-corrected chi connectivity index (χ1v) is 9.37. The van der Waals surface area contributed by atoms with Crippen LogP contribution in [0.25, 0.3) is 11.3 Å². The van der Waals surface area contributed by atoms with E-state index in [9.17, 15) is 23.1 Å². The highest BCUT2D eigenvalue weighted by Crippen LogP contribution is 2.28. The van der Waals surface area contributed by atoms with Crippen molar-refractivity contribution < 1.29 is 32.3 Å². The molecule has 0 bridgehead atoms. The van der Waals surface area contributed by atoms with Crippen LogP contribution in [0.3, 0.4) is 0 Å². The normalized spacial score (nSPS) is 12.5. The summed E-state index contributed by atoms with van der Waals surface area (Å²) in [5, 5.41) is 15.9. The van der Waals surface area contributed by atoms with Gasteiger partial charge in [-0.3, -0.25) is 4.79 Å². The van der Waals surface area contributed by atoms with Crippen molar-refractivity contribution in [3.63, 3.8) is 0 Å². The van der Waals surface area contributed by atoms with Gasteiger partial charge in [0.25, 0.3) is 5.91 Å². The van der Waals surface area contributed by atoms with Gasteiger partial charge in [0.1, 0.15) is 24.9 Å². The van der Waals surface area contributed by atoms with E-state index < -0.39 is 24.7 Å². The summed E-state index contributed by atoms with van der Waals surface area (Å²) in [6.07, 6.45) is -3.44. The number of halogens is 4. The van der Waals surface area contributed by atoms with Crippen LogP contribution >= 0.6 is 11.6 Å². The molecule has 164 valence electrons. The van der Waals surface area contributed by atoms with Gasteiger partial charge in [0.2, 0.25) is 5.88 Å². The van der Waals surface area contributed by atoms with Gasteiger partial charge in [-0.1, -0.05) is 28.9 Å². The van der Waals surface area contributed by atoms with E-state index >= 15 is 0 Å². The molecule has 0 fully saturated rings. The topological polar surface area (TPSA) is 97.5 Å². The van der Waals surface area contributed by atoms with Crippen LogP contribution in [0.4, 0.5) is 13.2 Å². The first kappa shape index (κ1) is 22.6. The number of alkyl halides is 3. The van der Waals surface area contributed by atoms with Crippen molar-refractivity contribution in [1.82, 2.24) is 15.5 Å². The highest BCUT2D eigenvalue weighted by Gasteiger charge is 2.37. The number of nitrogens with zero attached hydrogens (tertiary/aromatic N) is 2. The third kappa shape index (κ3) is 5.53. The Kier molecular flexibility index (Phi) is 6.81. The summed E-state index contributed by atoms with van der Waals surface area (Å²) in [6.45, 7) is 0.392. The maximum Gasteiger partial charge on any atom is 0.408 e. The molecule has 1 amide bonds. The molecule has 2 N–H and O–H groups in total. The molecule has 0 aliphatic heterocycles. The van der Waals surface area contributed by atoms with Gasteiger partial charge in [-0.2, -0.15) is 13.2 Å². The van der Waals surface area contributed by atoms with Crippen LogP contribution in [-0.2, 0) is 13.2 Å². The van der Waals surface area contributed by atoms with E-state index in [0.717, 1.165) is 13.1 Å². The quantitative estimate of drug-likeness (QED) is 0.555. The number of benzene rings is 1. The van der Waals surface area contributed by atoms with Gasteiger partial charge >= 0.3 is 6.18 Å². The van der Waals surface area contributed by atoms with E-state index in [1.165, 1.54) is 12.1 Å². The first-order valence-electron chi connectivity index (χ1n) is 8.99. The number of hydrogen-bond donors (Lipinski definition) is 2. The zero-order valence-electron chi connectivity index (χ0n) is 16.1. The van der Waals surface area contributed by atoms with Crippen LogP contribution in [0.15, 0.2) is 47.1 Å². The fourth-order valence-corrected chi connectivity index (χ4v) is 2.68. The Morgan fingerprint density at radius 2 is 1.97 bits per heavy atom. The summed E-state index contributed by atoms with van der Waals surface area (Å²) in [5.74, 6) is -0.579. The molecule has 3 rings (SSSR count). The SMILES string of the molecule is CC(NC(=O)c1ccc(OCc2c(-c3ccc(Cl)cc3)noc2CO)nc1)C(F)(F)F. The van der Waals surface area contributed by atoms with E-state index in [1.54, 1.807) is 24.3 Å². The lowest BCUT2D eigenvalue weighted by molar-refractivity contribution is -0.149. The number of carbonyl (C=O) groups excluding carboxylic acids is 1. The summed E-state index contributed by atoms with van der Waals surface area (Å²) in [7, 11) is 0. The van der Waals surface area contributed by atoms with Gasteiger partial charge in [0, 0.05) is 22.8 Å². The Morgan fingerprint density at radius 3 is 2.55 bits per heavy atom. The molecule has 1 atom stereocenters. The zero-order chi connectivity index (χ0) is 22.6. The summed E-state index contributed by atoms with van der Waals surface area (Å²) in [4.78, 5) is 15.9. The summed E-state index contributed by atoms with van der Waals surface area (Å²) in [6, 6.07) is 7.48. The molecule has 1 unspecified atom stereocenters. The Balaban J connectivity index is 1.70. The van der Waals surface area contributed by atoms with E-state index in [-0.39, 0.29) is 23.8 Å². The van der Waals surface area contributed by atoms with Crippen molar-refractivity contribution >= 4 is 17.5 Å². The Hall–Kier alpha value is -3.11. The number of rotatable bonds is 7. The number of carbonyl (C=O) groups is 1. The predicted molar refractivity (Wildman–Crippen MR) is 104 cm³/mol. The number of ether oxygens (including phenoxy) is 1. The van der Waals surface area contributed by atoms with Crippen LogP contribution in [0.2, 0.25) is 5.02 Å². The van der Waals surface area contributed by atoms with Crippen molar-refractivity contribution in [3.05, 3.63) is 64.5 Å². The molecular formula is C20H17ClF3N3O4. The molecule has 0 radical (unpaired) electrons. The van der Waals surface area contributed by atoms with Crippen molar-refractivity contribution in [2.45, 2.75) is 32.4 Å². The molecular weight excluding hydrogens is 439 g/mol. The van der Waals surface area contributed by atoms with Crippen molar-refractivity contribution in [1.29, 1.82) is 0 Å². The van der Waals surface area contributed by atoms with Gasteiger partial charge in [0.05, 0.1) is 11.1 Å². The Labute approximate surface area is 179 Å². The van der Waals surface area contributed by atoms with Crippen LogP contribution < -0.4 is 10.1 Å². The van der Waals surface area contributed by atoms with Gasteiger partial charge in [-0.25, -0.2) is 4.98 Å². The smallest absolute Gasteiger partial charge is 0.408 e. The van der Waals surface area contributed by atoms with Gasteiger partial charge < -0.3 is 19.7 Å². The first-order chi connectivity index (χ1) is 14.7. The van der Waals surface area contributed by atoms with E-state index in [1.807, 2.05) is 5.32 Å². The highest BCUT2D eigenvalue weighted by atomic mass is 35.5. The van der Waals surface area contributed by atoms with Crippen molar-refractivity contribution in [2.24, 2.45) is 0 Å². The molecule has 0 aliphatic carbocycles. The summed E-state index contributed by atoms with van der Waals surface area (Å²) in [5.41, 5.74) is 1.60. The summed E-state index contributed by atoms with van der Waals surface area (Å²) < 4.78 is 48.5. The maximum atomic E-state index is 12.6. The minimum Gasteiger partial charge on any atom is -0.473 e. The number of nitrogens with one attached hydrogen (secondary N) is 1. The van der Waals surface area contributed by atoms with E-state index in [4.69, 9.17) is 20.9 Å². The number of hydrogen-bond acceptors (Lipinski definition) is 6. The number of pyridine rings is 1. The molecule has 0 saturated carbocycles. The molecule has 3 aromatic rings. The molecule has 11 heteroatoms. The fraction of sp³-hybridized carbons (Fsp3) is 0.250. The predicted octanol–water partition coefficient (Wildman–Crippen LogP) is 4.14. The standard InChI is InChI=1S/C20H17ClF3N3O4/c1-11(20(22,23)24)26-19(29)13-4-7-17(25-8-13)30-10-15-16(9-28)31-27-18(15)12-2-5-14(21)6-3-12/h2-8,11,28H,9-10H2,1H3,(H,26,29). The second kappa shape index (κ2) is 9.36.